The van der Waals surface area contributed by atoms with Crippen molar-refractivity contribution >= 4 is 27.7 Å². The molecule has 4 heteroatoms. The monoisotopic (exact) mass is 318 g/mol. The zero-order chi connectivity index (χ0) is 12.5. The number of hydrogen-bond acceptors (Lipinski definition) is 3. The lowest BCUT2D eigenvalue weighted by Crippen LogP contribution is -2.01. The molecule has 0 spiro atoms. The first-order valence-electron chi connectivity index (χ1n) is 5.75. The number of hydrogen-bond donors (Lipinski definition) is 0. The van der Waals surface area contributed by atoms with Gasteiger partial charge in [-0.2, -0.15) is 11.8 Å². The summed E-state index contributed by atoms with van der Waals surface area (Å²) in [5.41, 5.74) is 1.13. The lowest BCUT2D eigenvalue weighted by Gasteiger charge is -2.11. The summed E-state index contributed by atoms with van der Waals surface area (Å²) < 4.78 is 11.0. The van der Waals surface area contributed by atoms with E-state index in [-0.39, 0.29) is 0 Å². The van der Waals surface area contributed by atoms with E-state index in [9.17, 15) is 0 Å². The molecule has 0 aliphatic heterocycles. The molecule has 0 bridgehead atoms. The first-order valence-corrected chi connectivity index (χ1v) is 8.02. The summed E-state index contributed by atoms with van der Waals surface area (Å²) in [5, 5.41) is 0.781. The minimum atomic E-state index is 0.777. The maximum Gasteiger partial charge on any atom is 0.123 e. The highest BCUT2D eigenvalue weighted by molar-refractivity contribution is 9.08. The molecule has 1 aromatic carbocycles. The minimum Gasteiger partial charge on any atom is -0.497 e. The van der Waals surface area contributed by atoms with Crippen molar-refractivity contribution in [3.05, 3.63) is 23.8 Å². The Labute approximate surface area is 116 Å². The average Bonchev–Trinajstić information content (AvgIpc) is 2.38. The SMILES string of the molecule is CCSCCCOc1ccc(OC)cc1CBr. The molecule has 0 amide bonds. The van der Waals surface area contributed by atoms with Gasteiger partial charge in [0, 0.05) is 10.9 Å². The highest BCUT2D eigenvalue weighted by atomic mass is 79.9. The van der Waals surface area contributed by atoms with Crippen molar-refractivity contribution in [2.75, 3.05) is 25.2 Å². The molecule has 2 nitrogen and oxygen atoms in total. The number of halogens is 1. The predicted octanol–water partition coefficient (Wildman–Crippen LogP) is 4.11. The molecule has 1 rings (SSSR count). The molecule has 0 fully saturated rings. The Morgan fingerprint density at radius 1 is 1.35 bits per heavy atom. The first-order chi connectivity index (χ1) is 8.31. The third-order valence-electron chi connectivity index (χ3n) is 2.31. The fraction of sp³-hybridized carbons (Fsp3) is 0.538. The number of ether oxygens (including phenoxy) is 2. The van der Waals surface area contributed by atoms with E-state index in [1.54, 1.807) is 7.11 Å². The van der Waals surface area contributed by atoms with Crippen LogP contribution in [0.3, 0.4) is 0 Å². The molecule has 0 N–H and O–H groups in total. The molecule has 0 aliphatic rings. The summed E-state index contributed by atoms with van der Waals surface area (Å²) in [5.74, 6) is 4.16. The van der Waals surface area contributed by atoms with Gasteiger partial charge in [0.25, 0.3) is 0 Å². The molecule has 0 heterocycles. The predicted molar refractivity (Wildman–Crippen MR) is 78.7 cm³/mol. The second-order valence-electron chi connectivity index (χ2n) is 3.51. The first kappa shape index (κ1) is 14.7. The van der Waals surface area contributed by atoms with Crippen LogP contribution in [0.4, 0.5) is 0 Å². The van der Waals surface area contributed by atoms with E-state index in [1.807, 2.05) is 30.0 Å². The van der Waals surface area contributed by atoms with E-state index in [4.69, 9.17) is 9.47 Å². The summed E-state index contributed by atoms with van der Waals surface area (Å²) in [6, 6.07) is 5.91. The van der Waals surface area contributed by atoms with Gasteiger partial charge in [0.05, 0.1) is 13.7 Å². The average molecular weight is 319 g/mol. The Morgan fingerprint density at radius 2 is 2.18 bits per heavy atom. The topological polar surface area (TPSA) is 18.5 Å². The highest BCUT2D eigenvalue weighted by Gasteiger charge is 2.04. The van der Waals surface area contributed by atoms with Gasteiger partial charge in [-0.05, 0) is 36.1 Å². The molecule has 1 aromatic rings. The second kappa shape index (κ2) is 8.70. The van der Waals surface area contributed by atoms with Crippen LogP contribution in [-0.2, 0) is 5.33 Å². The van der Waals surface area contributed by atoms with Crippen LogP contribution in [0, 0.1) is 0 Å². The summed E-state index contributed by atoms with van der Waals surface area (Å²) in [7, 11) is 1.68. The van der Waals surface area contributed by atoms with Crippen LogP contribution in [0.2, 0.25) is 0 Å². The normalized spacial score (nSPS) is 10.3. The number of thioether (sulfide) groups is 1. The van der Waals surface area contributed by atoms with Crippen LogP contribution in [0.5, 0.6) is 11.5 Å². The number of methoxy groups -OCH3 is 1. The molecule has 0 unspecified atom stereocenters. The largest absolute Gasteiger partial charge is 0.497 e. The lowest BCUT2D eigenvalue weighted by atomic mass is 10.2. The van der Waals surface area contributed by atoms with E-state index >= 15 is 0 Å². The van der Waals surface area contributed by atoms with E-state index in [0.717, 1.165) is 41.2 Å². The van der Waals surface area contributed by atoms with Crippen molar-refractivity contribution in [1.82, 2.24) is 0 Å². The Kier molecular flexibility index (Phi) is 7.53. The summed E-state index contributed by atoms with van der Waals surface area (Å²) in [4.78, 5) is 0. The van der Waals surface area contributed by atoms with Crippen molar-refractivity contribution in [3.63, 3.8) is 0 Å². The van der Waals surface area contributed by atoms with Gasteiger partial charge < -0.3 is 9.47 Å². The molecular formula is C13H19BrO2S. The van der Waals surface area contributed by atoms with Gasteiger partial charge in [-0.1, -0.05) is 22.9 Å². The van der Waals surface area contributed by atoms with E-state index < -0.39 is 0 Å². The highest BCUT2D eigenvalue weighted by Crippen LogP contribution is 2.26. The van der Waals surface area contributed by atoms with E-state index in [1.165, 1.54) is 5.75 Å². The molecule has 0 aliphatic carbocycles. The van der Waals surface area contributed by atoms with Crippen LogP contribution in [0.1, 0.15) is 18.9 Å². The summed E-state index contributed by atoms with van der Waals surface area (Å²) >= 11 is 5.42. The maximum atomic E-state index is 5.78. The number of benzene rings is 1. The quantitative estimate of drug-likeness (QED) is 0.531. The van der Waals surface area contributed by atoms with Gasteiger partial charge in [-0.15, -0.1) is 0 Å². The third kappa shape index (κ3) is 5.21. The van der Waals surface area contributed by atoms with Crippen LogP contribution >= 0.6 is 27.7 Å². The number of alkyl halides is 1. The van der Waals surface area contributed by atoms with Crippen LogP contribution in [0.15, 0.2) is 18.2 Å². The van der Waals surface area contributed by atoms with Crippen LogP contribution in [-0.4, -0.2) is 25.2 Å². The van der Waals surface area contributed by atoms with Gasteiger partial charge in [0.1, 0.15) is 11.5 Å². The molecule has 0 radical (unpaired) electrons. The molecular weight excluding hydrogens is 300 g/mol. The smallest absolute Gasteiger partial charge is 0.123 e. The Morgan fingerprint density at radius 3 is 2.82 bits per heavy atom. The minimum absolute atomic E-state index is 0.777. The van der Waals surface area contributed by atoms with Crippen molar-refractivity contribution < 1.29 is 9.47 Å². The molecule has 96 valence electrons. The van der Waals surface area contributed by atoms with Gasteiger partial charge >= 0.3 is 0 Å². The van der Waals surface area contributed by atoms with Crippen molar-refractivity contribution in [1.29, 1.82) is 0 Å². The van der Waals surface area contributed by atoms with Crippen LogP contribution in [0.25, 0.3) is 0 Å². The van der Waals surface area contributed by atoms with Crippen LogP contribution < -0.4 is 9.47 Å². The Hall–Kier alpha value is -0.350. The summed E-state index contributed by atoms with van der Waals surface area (Å²) in [6.45, 7) is 2.96. The Bertz CT molecular complexity index is 331. The lowest BCUT2D eigenvalue weighted by molar-refractivity contribution is 0.315. The van der Waals surface area contributed by atoms with Gasteiger partial charge in [-0.25, -0.2) is 0 Å². The zero-order valence-electron chi connectivity index (χ0n) is 10.4. The third-order valence-corrected chi connectivity index (χ3v) is 3.90. The molecule has 0 saturated heterocycles. The fourth-order valence-corrected chi connectivity index (χ4v) is 2.46. The van der Waals surface area contributed by atoms with Gasteiger partial charge in [0.15, 0.2) is 0 Å². The second-order valence-corrected chi connectivity index (χ2v) is 5.46. The van der Waals surface area contributed by atoms with Gasteiger partial charge in [0.2, 0.25) is 0 Å². The van der Waals surface area contributed by atoms with Crippen molar-refractivity contribution in [3.8, 4) is 11.5 Å². The fourth-order valence-electron chi connectivity index (χ4n) is 1.42. The van der Waals surface area contributed by atoms with Crippen molar-refractivity contribution in [2.24, 2.45) is 0 Å². The molecule has 0 atom stereocenters. The number of rotatable bonds is 8. The summed E-state index contributed by atoms with van der Waals surface area (Å²) in [6.07, 6.45) is 1.09. The molecule has 0 aromatic heterocycles. The van der Waals surface area contributed by atoms with E-state index in [0.29, 0.717) is 0 Å². The van der Waals surface area contributed by atoms with E-state index in [2.05, 4.69) is 22.9 Å². The van der Waals surface area contributed by atoms with Crippen molar-refractivity contribution in [2.45, 2.75) is 18.7 Å². The Balaban J connectivity index is 2.46. The zero-order valence-corrected chi connectivity index (χ0v) is 12.8. The maximum absolute atomic E-state index is 5.78. The van der Waals surface area contributed by atoms with Gasteiger partial charge in [-0.3, -0.25) is 0 Å². The molecule has 17 heavy (non-hydrogen) atoms. The standard InChI is InChI=1S/C13H19BrO2S/c1-3-17-8-4-7-16-13-6-5-12(15-2)9-11(13)10-14/h5-6,9H,3-4,7-8,10H2,1-2H3. The molecule has 0 saturated carbocycles.